The van der Waals surface area contributed by atoms with E-state index >= 15 is 0 Å². The third-order valence-electron chi connectivity index (χ3n) is 7.34. The molecule has 0 saturated heterocycles. The van der Waals surface area contributed by atoms with Gasteiger partial charge in [-0.25, -0.2) is 14.5 Å². The maximum atomic E-state index is 9.92. The van der Waals surface area contributed by atoms with Crippen molar-refractivity contribution in [2.24, 2.45) is 5.92 Å². The van der Waals surface area contributed by atoms with Crippen molar-refractivity contribution in [1.29, 1.82) is 0 Å². The van der Waals surface area contributed by atoms with Gasteiger partial charge in [0.25, 0.3) is 0 Å². The Hall–Kier alpha value is -2.35. The standard InChI is InChI=1S/C26H35N5O2/c1-30(2)16-18-6-8-19(9-7-18)22-15-29-31-11-10-20(12-23(22)31)21-13-27-26(28-14-21)17-33-25-5-3-4-24(25)32/h10-15,18-19,24-25,32H,3-9,16-17H2,1-2H3/t18?,19?,24-,25-/m0/s1. The van der Waals surface area contributed by atoms with Gasteiger partial charge in [0.05, 0.1) is 23.9 Å². The predicted molar refractivity (Wildman–Crippen MR) is 128 cm³/mol. The lowest BCUT2D eigenvalue weighted by Gasteiger charge is -2.30. The van der Waals surface area contributed by atoms with Gasteiger partial charge in [-0.2, -0.15) is 5.10 Å². The van der Waals surface area contributed by atoms with Crippen LogP contribution in [0.5, 0.6) is 0 Å². The lowest BCUT2D eigenvalue weighted by molar-refractivity contribution is -0.0295. The molecule has 7 nitrogen and oxygen atoms in total. The van der Waals surface area contributed by atoms with E-state index in [2.05, 4.69) is 52.4 Å². The van der Waals surface area contributed by atoms with E-state index in [1.165, 1.54) is 43.3 Å². The Balaban J connectivity index is 1.27. The van der Waals surface area contributed by atoms with Gasteiger partial charge in [0.1, 0.15) is 6.61 Å². The van der Waals surface area contributed by atoms with Crippen LogP contribution >= 0.6 is 0 Å². The summed E-state index contributed by atoms with van der Waals surface area (Å²) in [6.07, 6.45) is 15.2. The van der Waals surface area contributed by atoms with Crippen molar-refractivity contribution in [3.05, 3.63) is 48.3 Å². The van der Waals surface area contributed by atoms with Crippen LogP contribution < -0.4 is 0 Å². The minimum absolute atomic E-state index is 0.0890. The summed E-state index contributed by atoms with van der Waals surface area (Å²) in [5, 5.41) is 14.5. The first kappa shape index (κ1) is 22.4. The summed E-state index contributed by atoms with van der Waals surface area (Å²) in [5.41, 5.74) is 4.64. The van der Waals surface area contributed by atoms with Gasteiger partial charge in [0.15, 0.2) is 5.82 Å². The predicted octanol–water partition coefficient (Wildman–Crippen LogP) is 4.06. The Kier molecular flexibility index (Phi) is 6.71. The lowest BCUT2D eigenvalue weighted by Crippen LogP contribution is -2.25. The largest absolute Gasteiger partial charge is 0.390 e. The fraction of sp³-hybridized carbons (Fsp3) is 0.577. The van der Waals surface area contributed by atoms with Crippen LogP contribution in [0, 0.1) is 5.92 Å². The van der Waals surface area contributed by atoms with Gasteiger partial charge in [-0.15, -0.1) is 0 Å². The van der Waals surface area contributed by atoms with Gasteiger partial charge in [-0.1, -0.05) is 0 Å². The summed E-state index contributed by atoms with van der Waals surface area (Å²) in [4.78, 5) is 11.3. The summed E-state index contributed by atoms with van der Waals surface area (Å²) in [5.74, 6) is 2.04. The Morgan fingerprint density at radius 2 is 1.82 bits per heavy atom. The summed E-state index contributed by atoms with van der Waals surface area (Å²) in [7, 11) is 4.34. The Morgan fingerprint density at radius 1 is 1.03 bits per heavy atom. The van der Waals surface area contributed by atoms with E-state index in [1.807, 2.05) is 23.1 Å². The normalized spacial score (nSPS) is 25.8. The highest BCUT2D eigenvalue weighted by Crippen LogP contribution is 2.38. The molecule has 2 aliphatic carbocycles. The Labute approximate surface area is 195 Å². The molecule has 0 bridgehead atoms. The third kappa shape index (κ3) is 5.10. The molecule has 0 spiro atoms. The first-order valence-corrected chi connectivity index (χ1v) is 12.3. The highest BCUT2D eigenvalue weighted by Gasteiger charge is 2.26. The number of fused-ring (bicyclic) bond motifs is 1. The van der Waals surface area contributed by atoms with Gasteiger partial charge in [0.2, 0.25) is 0 Å². The monoisotopic (exact) mass is 449 g/mol. The molecule has 0 radical (unpaired) electrons. The van der Waals surface area contributed by atoms with Crippen LogP contribution in [0.4, 0.5) is 0 Å². The molecular formula is C26H35N5O2. The molecule has 176 valence electrons. The number of rotatable bonds is 7. The first-order valence-electron chi connectivity index (χ1n) is 12.3. The van der Waals surface area contributed by atoms with Crippen molar-refractivity contribution in [2.75, 3.05) is 20.6 Å². The number of aliphatic hydroxyl groups excluding tert-OH is 1. The third-order valence-corrected chi connectivity index (χ3v) is 7.34. The molecule has 5 rings (SSSR count). The van der Waals surface area contributed by atoms with E-state index in [9.17, 15) is 5.11 Å². The molecule has 2 atom stereocenters. The zero-order chi connectivity index (χ0) is 22.8. The van der Waals surface area contributed by atoms with E-state index in [0.717, 1.165) is 36.3 Å². The molecular weight excluding hydrogens is 414 g/mol. The molecule has 3 aromatic rings. The summed E-state index contributed by atoms with van der Waals surface area (Å²) in [6, 6.07) is 4.29. The van der Waals surface area contributed by atoms with Gasteiger partial charge >= 0.3 is 0 Å². The zero-order valence-corrected chi connectivity index (χ0v) is 19.7. The number of nitrogens with zero attached hydrogens (tertiary/aromatic N) is 5. The van der Waals surface area contributed by atoms with Crippen molar-refractivity contribution in [1.82, 2.24) is 24.5 Å². The van der Waals surface area contributed by atoms with Crippen LogP contribution in [-0.4, -0.2) is 62.4 Å². The average Bonchev–Trinajstić information content (AvgIpc) is 3.43. The van der Waals surface area contributed by atoms with Crippen molar-refractivity contribution < 1.29 is 9.84 Å². The Morgan fingerprint density at radius 3 is 2.52 bits per heavy atom. The Bertz CT molecular complexity index is 1060. The van der Waals surface area contributed by atoms with Gasteiger partial charge in [-0.05, 0) is 88.6 Å². The maximum absolute atomic E-state index is 9.92. The summed E-state index contributed by atoms with van der Waals surface area (Å²) >= 11 is 0. The molecule has 2 saturated carbocycles. The van der Waals surface area contributed by atoms with Gasteiger partial charge < -0.3 is 14.7 Å². The smallest absolute Gasteiger partial charge is 0.153 e. The van der Waals surface area contributed by atoms with E-state index in [1.54, 1.807) is 0 Å². The van der Waals surface area contributed by atoms with Crippen molar-refractivity contribution in [3.8, 4) is 11.1 Å². The minimum atomic E-state index is -0.358. The second-order valence-electron chi connectivity index (χ2n) is 10.1. The maximum Gasteiger partial charge on any atom is 0.153 e. The van der Waals surface area contributed by atoms with Crippen LogP contribution in [-0.2, 0) is 11.3 Å². The molecule has 0 unspecified atom stereocenters. The first-order chi connectivity index (χ1) is 16.1. The number of hydrogen-bond acceptors (Lipinski definition) is 6. The molecule has 0 amide bonds. The van der Waals surface area contributed by atoms with Crippen LogP contribution in [0.3, 0.4) is 0 Å². The minimum Gasteiger partial charge on any atom is -0.390 e. The molecule has 1 N–H and O–H groups in total. The highest BCUT2D eigenvalue weighted by atomic mass is 16.5. The molecule has 7 heteroatoms. The second-order valence-corrected chi connectivity index (χ2v) is 10.1. The van der Waals surface area contributed by atoms with Crippen molar-refractivity contribution in [2.45, 2.75) is 69.7 Å². The second kappa shape index (κ2) is 9.87. The highest BCUT2D eigenvalue weighted by molar-refractivity contribution is 5.69. The van der Waals surface area contributed by atoms with E-state index in [-0.39, 0.29) is 12.2 Å². The zero-order valence-electron chi connectivity index (χ0n) is 19.7. The number of aliphatic hydroxyl groups is 1. The van der Waals surface area contributed by atoms with Crippen LogP contribution in [0.15, 0.2) is 36.9 Å². The van der Waals surface area contributed by atoms with Crippen molar-refractivity contribution in [3.63, 3.8) is 0 Å². The molecule has 3 aromatic heterocycles. The molecule has 33 heavy (non-hydrogen) atoms. The molecule has 0 aliphatic heterocycles. The summed E-state index contributed by atoms with van der Waals surface area (Å²) < 4.78 is 7.80. The fourth-order valence-electron chi connectivity index (χ4n) is 5.53. The SMILES string of the molecule is CN(C)CC1CCC(c2cnn3ccc(-c4cnc(CO[C@H]5CCC[C@@H]5O)nc4)cc23)CC1. The number of aromatic nitrogens is 4. The number of hydrogen-bond donors (Lipinski definition) is 1. The topological polar surface area (TPSA) is 75.8 Å². The van der Waals surface area contributed by atoms with E-state index < -0.39 is 0 Å². The number of pyridine rings is 1. The van der Waals surface area contributed by atoms with Crippen molar-refractivity contribution >= 4 is 5.52 Å². The van der Waals surface area contributed by atoms with E-state index in [4.69, 9.17) is 4.74 Å². The summed E-state index contributed by atoms with van der Waals surface area (Å²) in [6.45, 7) is 1.53. The van der Waals surface area contributed by atoms with Gasteiger partial charge in [0, 0.05) is 36.3 Å². The fourth-order valence-corrected chi connectivity index (χ4v) is 5.53. The molecule has 2 fully saturated rings. The lowest BCUT2D eigenvalue weighted by atomic mass is 9.79. The molecule has 0 aromatic carbocycles. The average molecular weight is 450 g/mol. The molecule has 2 aliphatic rings. The van der Waals surface area contributed by atoms with Crippen LogP contribution in [0.25, 0.3) is 16.6 Å². The van der Waals surface area contributed by atoms with Crippen LogP contribution in [0.2, 0.25) is 0 Å². The van der Waals surface area contributed by atoms with E-state index in [0.29, 0.717) is 18.3 Å². The number of ether oxygens (including phenoxy) is 1. The van der Waals surface area contributed by atoms with Crippen LogP contribution in [0.1, 0.15) is 62.3 Å². The molecule has 3 heterocycles. The quantitative estimate of drug-likeness (QED) is 0.586. The van der Waals surface area contributed by atoms with Gasteiger partial charge in [-0.3, -0.25) is 0 Å².